The molecule has 0 unspecified atom stereocenters. The quantitative estimate of drug-likeness (QED) is 0.123. The van der Waals surface area contributed by atoms with Crippen molar-refractivity contribution >= 4 is 29.0 Å². The van der Waals surface area contributed by atoms with E-state index in [9.17, 15) is 15.0 Å². The molecule has 14 nitrogen and oxygen atoms in total. The molecule has 5 N–H and O–H groups in total. The molecule has 4 aromatic heterocycles. The smallest absolute Gasteiger partial charge is 0.315 e. The van der Waals surface area contributed by atoms with Crippen LogP contribution in [0, 0.1) is 0 Å². The molecular formula is C40H45N11O3. The van der Waals surface area contributed by atoms with Gasteiger partial charge in [0.15, 0.2) is 17.0 Å². The van der Waals surface area contributed by atoms with Crippen molar-refractivity contribution in [1.82, 2.24) is 44.9 Å². The Morgan fingerprint density at radius 2 is 1.69 bits per heavy atom. The molecule has 0 radical (unpaired) electrons. The number of aliphatic hydroxyl groups is 2. The van der Waals surface area contributed by atoms with Gasteiger partial charge in [0.05, 0.1) is 24.6 Å². The Hall–Kier alpha value is -5.86. The number of benzene rings is 2. The van der Waals surface area contributed by atoms with Crippen LogP contribution in [0.4, 0.5) is 16.6 Å². The van der Waals surface area contributed by atoms with Gasteiger partial charge in [-0.25, -0.2) is 9.78 Å². The lowest BCUT2D eigenvalue weighted by atomic mass is 9.91. The number of nitrogens with zero attached hydrogens (tertiary/aromatic N) is 8. The fourth-order valence-corrected chi connectivity index (χ4v) is 7.66. The lowest BCUT2D eigenvalue weighted by Gasteiger charge is -2.22. The molecule has 14 heteroatoms. The number of aliphatic hydroxyl groups excluding tert-OH is 2. The van der Waals surface area contributed by atoms with E-state index < -0.39 is 24.3 Å². The number of carbonyl (C=O) groups excluding carboxylic acids is 1. The lowest BCUT2D eigenvalue weighted by Crippen LogP contribution is -2.43. The van der Waals surface area contributed by atoms with E-state index >= 15 is 0 Å². The average Bonchev–Trinajstić information content (AvgIpc) is 4.03. The molecule has 1 aliphatic carbocycles. The number of urea groups is 1. The van der Waals surface area contributed by atoms with Crippen LogP contribution in [0.25, 0.3) is 11.2 Å². The van der Waals surface area contributed by atoms with E-state index in [0.29, 0.717) is 62.0 Å². The van der Waals surface area contributed by atoms with Crippen LogP contribution in [0.3, 0.4) is 0 Å². The van der Waals surface area contributed by atoms with Crippen molar-refractivity contribution in [3.63, 3.8) is 0 Å². The third-order valence-corrected chi connectivity index (χ3v) is 10.7. The first-order valence-corrected chi connectivity index (χ1v) is 18.6. The molecule has 6 aromatic rings. The van der Waals surface area contributed by atoms with Gasteiger partial charge in [-0.1, -0.05) is 73.7 Å². The van der Waals surface area contributed by atoms with Crippen molar-refractivity contribution in [2.24, 2.45) is 0 Å². The van der Waals surface area contributed by atoms with Crippen LogP contribution in [-0.2, 0) is 13.0 Å². The Kier molecular flexibility index (Phi) is 10.2. The second kappa shape index (κ2) is 15.6. The minimum Gasteiger partial charge on any atom is -0.388 e. The highest BCUT2D eigenvalue weighted by molar-refractivity contribution is 5.84. The molecule has 1 saturated carbocycles. The van der Waals surface area contributed by atoms with Crippen molar-refractivity contribution in [3.05, 3.63) is 126 Å². The SMILES string of the molecule is CCc1cnn([C@H]2C[C@@H](n3cnc4c(NCC(c5ccccc5)c5ccccc5)nc(N5CC[C@@H](NC(=O)NCc6cccnc6)C5)nc43)[C@H](O)[C@@H]2O)c1. The fourth-order valence-electron chi connectivity index (χ4n) is 7.66. The summed E-state index contributed by atoms with van der Waals surface area (Å²) in [4.78, 5) is 33.9. The second-order valence-corrected chi connectivity index (χ2v) is 14.1. The molecule has 2 fully saturated rings. The van der Waals surface area contributed by atoms with E-state index in [1.54, 1.807) is 29.6 Å². The summed E-state index contributed by atoms with van der Waals surface area (Å²) in [7, 11) is 0. The number of hydrogen-bond donors (Lipinski definition) is 5. The molecule has 0 bridgehead atoms. The van der Waals surface area contributed by atoms with Gasteiger partial charge in [-0.05, 0) is 47.6 Å². The maximum atomic E-state index is 12.8. The van der Waals surface area contributed by atoms with E-state index in [-0.39, 0.29) is 18.0 Å². The zero-order valence-corrected chi connectivity index (χ0v) is 30.1. The minimum atomic E-state index is -1.07. The minimum absolute atomic E-state index is 0.0307. The van der Waals surface area contributed by atoms with Gasteiger partial charge in [-0.3, -0.25) is 9.67 Å². The summed E-state index contributed by atoms with van der Waals surface area (Å²) >= 11 is 0. The number of aromatic nitrogens is 7. The molecule has 54 heavy (non-hydrogen) atoms. The topological polar surface area (TPSA) is 171 Å². The summed E-state index contributed by atoms with van der Waals surface area (Å²) in [6.07, 6.45) is 8.75. The Balaban J connectivity index is 1.08. The maximum Gasteiger partial charge on any atom is 0.315 e. The summed E-state index contributed by atoms with van der Waals surface area (Å²) in [5, 5.41) is 36.8. The molecule has 1 aliphatic heterocycles. The number of aryl methyl sites for hydroxylation is 1. The highest BCUT2D eigenvalue weighted by Crippen LogP contribution is 2.40. The molecule has 2 aromatic carbocycles. The van der Waals surface area contributed by atoms with E-state index in [1.807, 2.05) is 59.3 Å². The number of hydrogen-bond acceptors (Lipinski definition) is 10. The first-order chi connectivity index (χ1) is 26.4. The fraction of sp³-hybridized carbons (Fsp3) is 0.350. The highest BCUT2D eigenvalue weighted by Gasteiger charge is 2.44. The molecule has 5 heterocycles. The number of fused-ring (bicyclic) bond motifs is 1. The molecule has 5 atom stereocenters. The van der Waals surface area contributed by atoms with Crippen LogP contribution in [-0.4, -0.2) is 88.4 Å². The van der Waals surface area contributed by atoms with Gasteiger partial charge < -0.3 is 35.6 Å². The molecule has 2 amide bonds. The van der Waals surface area contributed by atoms with Gasteiger partial charge in [0.25, 0.3) is 0 Å². The van der Waals surface area contributed by atoms with Crippen molar-refractivity contribution in [3.8, 4) is 0 Å². The van der Waals surface area contributed by atoms with Crippen LogP contribution in [0.1, 0.15) is 60.0 Å². The van der Waals surface area contributed by atoms with Crippen LogP contribution in [0.2, 0.25) is 0 Å². The molecule has 0 spiro atoms. The van der Waals surface area contributed by atoms with Gasteiger partial charge in [0.1, 0.15) is 12.2 Å². The molecule has 278 valence electrons. The standard InChI is InChI=1S/C40H45N11O3/c1-2-26-21-45-51(23-26)33-18-32(35(52)36(33)53)50-25-44-34-37(42-22-31(28-11-5-3-6-12-28)29-13-7-4-8-14-29)47-39(48-38(34)50)49-17-15-30(24-49)46-40(54)43-20-27-10-9-16-41-19-27/h3-14,16,19,21,23,25,30-33,35-36,52-53H,2,15,17-18,20,22,24H2,1H3,(H,42,47,48)(H2,43,46,54)/t30-,32-,33+,35+,36-/m1/s1. The summed E-state index contributed by atoms with van der Waals surface area (Å²) in [5.41, 5.74) is 5.44. The van der Waals surface area contributed by atoms with E-state index in [0.717, 1.165) is 17.5 Å². The number of anilines is 2. The maximum absolute atomic E-state index is 12.8. The largest absolute Gasteiger partial charge is 0.388 e. The summed E-state index contributed by atoms with van der Waals surface area (Å²) in [6, 6.07) is 23.2. The molecule has 2 aliphatic rings. The normalized spacial score (nSPS) is 21.2. The number of amides is 2. The number of imidazole rings is 1. The molecular weight excluding hydrogens is 683 g/mol. The van der Waals surface area contributed by atoms with Crippen molar-refractivity contribution in [1.29, 1.82) is 0 Å². The highest BCUT2D eigenvalue weighted by atomic mass is 16.3. The van der Waals surface area contributed by atoms with E-state index in [4.69, 9.17) is 15.0 Å². The lowest BCUT2D eigenvalue weighted by molar-refractivity contribution is 0.00721. The Morgan fingerprint density at radius 3 is 2.39 bits per heavy atom. The van der Waals surface area contributed by atoms with Gasteiger partial charge in [0, 0.05) is 56.7 Å². The first-order valence-electron chi connectivity index (χ1n) is 18.6. The second-order valence-electron chi connectivity index (χ2n) is 14.1. The van der Waals surface area contributed by atoms with Gasteiger partial charge >= 0.3 is 6.03 Å². The Bertz CT molecular complexity index is 2120. The first kappa shape index (κ1) is 35.2. The third-order valence-electron chi connectivity index (χ3n) is 10.7. The molecule has 8 rings (SSSR count). The summed E-state index contributed by atoms with van der Waals surface area (Å²) in [5.74, 6) is 1.09. The van der Waals surface area contributed by atoms with Crippen LogP contribution < -0.4 is 20.9 Å². The zero-order chi connectivity index (χ0) is 37.0. The van der Waals surface area contributed by atoms with E-state index in [1.165, 1.54) is 11.1 Å². The van der Waals surface area contributed by atoms with E-state index in [2.05, 4.69) is 62.1 Å². The zero-order valence-electron chi connectivity index (χ0n) is 30.1. The van der Waals surface area contributed by atoms with Crippen LogP contribution >= 0.6 is 0 Å². The number of rotatable bonds is 12. The van der Waals surface area contributed by atoms with Crippen molar-refractivity contribution in [2.75, 3.05) is 29.9 Å². The number of pyridine rings is 1. The van der Waals surface area contributed by atoms with Crippen LogP contribution in [0.5, 0.6) is 0 Å². The monoisotopic (exact) mass is 727 g/mol. The number of nitrogens with one attached hydrogen (secondary N) is 3. The summed E-state index contributed by atoms with van der Waals surface area (Å²) in [6.45, 7) is 4.13. The molecule has 1 saturated heterocycles. The average molecular weight is 728 g/mol. The Labute approximate surface area is 313 Å². The van der Waals surface area contributed by atoms with Gasteiger partial charge in [-0.15, -0.1) is 0 Å². The van der Waals surface area contributed by atoms with Crippen molar-refractivity contribution < 1.29 is 15.0 Å². The predicted octanol–water partition coefficient (Wildman–Crippen LogP) is 4.21. The summed E-state index contributed by atoms with van der Waals surface area (Å²) < 4.78 is 3.63. The Morgan fingerprint density at radius 1 is 0.926 bits per heavy atom. The predicted molar refractivity (Wildman–Crippen MR) is 205 cm³/mol. The van der Waals surface area contributed by atoms with Gasteiger partial charge in [0.2, 0.25) is 5.95 Å². The van der Waals surface area contributed by atoms with Crippen molar-refractivity contribution in [2.45, 2.75) is 69.0 Å². The number of carbonyl (C=O) groups is 1. The third kappa shape index (κ3) is 7.34. The van der Waals surface area contributed by atoms with Gasteiger partial charge in [-0.2, -0.15) is 15.1 Å². The van der Waals surface area contributed by atoms with Crippen LogP contribution in [0.15, 0.2) is 104 Å².